The first-order valence-electron chi connectivity index (χ1n) is 9.31. The van der Waals surface area contributed by atoms with E-state index < -0.39 is 0 Å². The van der Waals surface area contributed by atoms with Gasteiger partial charge in [-0.25, -0.2) is 0 Å². The van der Waals surface area contributed by atoms with Gasteiger partial charge >= 0.3 is 0 Å². The summed E-state index contributed by atoms with van der Waals surface area (Å²) in [4.78, 5) is 33.7. The maximum Gasteiger partial charge on any atom is 0.260 e. The number of aromatic nitrogens is 1. The summed E-state index contributed by atoms with van der Waals surface area (Å²) in [6.45, 7) is 3.62. The summed E-state index contributed by atoms with van der Waals surface area (Å²) in [5, 5.41) is 0. The Hall–Kier alpha value is -2.69. The van der Waals surface area contributed by atoms with Gasteiger partial charge in [0, 0.05) is 37.2 Å². The topological polar surface area (TPSA) is 53.5 Å². The SMILES string of the molecule is CC1Cc2ccccc2N1C(=O)c1cncc(C(=O)N2CCCCC2)c1. The van der Waals surface area contributed by atoms with Crippen LogP contribution in [0.5, 0.6) is 0 Å². The molecule has 5 nitrogen and oxygen atoms in total. The molecule has 1 fully saturated rings. The van der Waals surface area contributed by atoms with Gasteiger partial charge in [0.1, 0.15) is 0 Å². The lowest BCUT2D eigenvalue weighted by molar-refractivity contribution is 0.0724. The van der Waals surface area contributed by atoms with Crippen LogP contribution in [0.4, 0.5) is 5.69 Å². The molecule has 134 valence electrons. The minimum absolute atomic E-state index is 0.0262. The second kappa shape index (κ2) is 6.90. The predicted molar refractivity (Wildman–Crippen MR) is 100 cm³/mol. The third-order valence-corrected chi connectivity index (χ3v) is 5.30. The molecule has 1 aromatic heterocycles. The number of hydrogen-bond donors (Lipinski definition) is 0. The molecule has 26 heavy (non-hydrogen) atoms. The second-order valence-corrected chi connectivity index (χ2v) is 7.17. The van der Waals surface area contributed by atoms with Crippen LogP contribution in [0.1, 0.15) is 52.5 Å². The van der Waals surface area contributed by atoms with E-state index in [2.05, 4.69) is 11.1 Å². The van der Waals surface area contributed by atoms with E-state index in [0.29, 0.717) is 11.1 Å². The molecule has 0 N–H and O–H groups in total. The standard InChI is InChI=1S/C21H23N3O2/c1-15-11-16-7-3-4-8-19(16)24(15)21(26)18-12-17(13-22-14-18)20(25)23-9-5-2-6-10-23/h3-4,7-8,12-15H,2,5-6,9-11H2,1H3. The lowest BCUT2D eigenvalue weighted by atomic mass is 10.1. The van der Waals surface area contributed by atoms with Crippen LogP contribution in [0, 0.1) is 0 Å². The summed E-state index contributed by atoms with van der Waals surface area (Å²) in [5.74, 6) is -0.120. The Morgan fingerprint density at radius 3 is 2.46 bits per heavy atom. The Morgan fingerprint density at radius 2 is 1.69 bits per heavy atom. The number of hydrogen-bond acceptors (Lipinski definition) is 3. The summed E-state index contributed by atoms with van der Waals surface area (Å²) < 4.78 is 0. The molecule has 1 unspecified atom stereocenters. The zero-order chi connectivity index (χ0) is 18.1. The van der Waals surface area contributed by atoms with E-state index in [4.69, 9.17) is 0 Å². The van der Waals surface area contributed by atoms with Crippen molar-refractivity contribution in [2.75, 3.05) is 18.0 Å². The average Bonchev–Trinajstić information content (AvgIpc) is 3.03. The fraction of sp³-hybridized carbons (Fsp3) is 0.381. The molecule has 2 amide bonds. The number of anilines is 1. The molecule has 2 aliphatic heterocycles. The third-order valence-electron chi connectivity index (χ3n) is 5.30. The van der Waals surface area contributed by atoms with Gasteiger partial charge < -0.3 is 9.80 Å². The van der Waals surface area contributed by atoms with Crippen LogP contribution in [0.15, 0.2) is 42.7 Å². The summed E-state index contributed by atoms with van der Waals surface area (Å²) in [7, 11) is 0. The van der Waals surface area contributed by atoms with Crippen molar-refractivity contribution in [3.8, 4) is 0 Å². The van der Waals surface area contributed by atoms with Crippen LogP contribution in [0.2, 0.25) is 0 Å². The van der Waals surface area contributed by atoms with Crippen molar-refractivity contribution < 1.29 is 9.59 Å². The molecule has 2 aliphatic rings. The highest BCUT2D eigenvalue weighted by Gasteiger charge is 2.31. The number of pyridine rings is 1. The second-order valence-electron chi connectivity index (χ2n) is 7.17. The number of para-hydroxylation sites is 1. The zero-order valence-corrected chi connectivity index (χ0v) is 15.0. The minimum Gasteiger partial charge on any atom is -0.339 e. The molecular weight excluding hydrogens is 326 g/mol. The normalized spacial score (nSPS) is 19.3. The van der Waals surface area contributed by atoms with Gasteiger partial charge in [-0.2, -0.15) is 0 Å². The highest BCUT2D eigenvalue weighted by atomic mass is 16.2. The summed E-state index contributed by atoms with van der Waals surface area (Å²) >= 11 is 0. The number of piperidine rings is 1. The predicted octanol–water partition coefficient (Wildman–Crippen LogP) is 3.30. The molecule has 2 aromatic rings. The lowest BCUT2D eigenvalue weighted by Crippen LogP contribution is -2.37. The molecule has 0 spiro atoms. The fourth-order valence-corrected chi connectivity index (χ4v) is 3.97. The van der Waals surface area contributed by atoms with Gasteiger partial charge in [-0.1, -0.05) is 18.2 Å². The number of nitrogens with zero attached hydrogens (tertiary/aromatic N) is 3. The number of rotatable bonds is 2. The fourth-order valence-electron chi connectivity index (χ4n) is 3.97. The highest BCUT2D eigenvalue weighted by Crippen LogP contribution is 2.33. The zero-order valence-electron chi connectivity index (χ0n) is 15.0. The first kappa shape index (κ1) is 16.8. The number of benzene rings is 1. The molecular formula is C21H23N3O2. The lowest BCUT2D eigenvalue weighted by Gasteiger charge is -2.27. The molecule has 3 heterocycles. The Labute approximate surface area is 153 Å². The Morgan fingerprint density at radius 1 is 1.00 bits per heavy atom. The van der Waals surface area contributed by atoms with Crippen molar-refractivity contribution in [2.24, 2.45) is 0 Å². The van der Waals surface area contributed by atoms with E-state index in [-0.39, 0.29) is 17.9 Å². The molecule has 0 bridgehead atoms. The van der Waals surface area contributed by atoms with Crippen molar-refractivity contribution in [1.29, 1.82) is 0 Å². The quantitative estimate of drug-likeness (QED) is 0.836. The van der Waals surface area contributed by atoms with Crippen LogP contribution < -0.4 is 4.90 Å². The Balaban J connectivity index is 1.60. The molecule has 5 heteroatoms. The van der Waals surface area contributed by atoms with Gasteiger partial charge in [-0.15, -0.1) is 0 Å². The molecule has 4 rings (SSSR count). The van der Waals surface area contributed by atoms with Crippen molar-refractivity contribution in [3.63, 3.8) is 0 Å². The third kappa shape index (κ3) is 2.98. The van der Waals surface area contributed by atoms with E-state index >= 15 is 0 Å². The van der Waals surface area contributed by atoms with Crippen molar-refractivity contribution >= 4 is 17.5 Å². The van der Waals surface area contributed by atoms with E-state index in [0.717, 1.165) is 38.0 Å². The Bertz CT molecular complexity index is 843. The molecule has 0 saturated carbocycles. The van der Waals surface area contributed by atoms with Crippen LogP contribution in [-0.2, 0) is 6.42 Å². The monoisotopic (exact) mass is 349 g/mol. The summed E-state index contributed by atoms with van der Waals surface area (Å²) in [6.07, 6.45) is 7.23. The number of likely N-dealkylation sites (tertiary alicyclic amines) is 1. The van der Waals surface area contributed by atoms with Crippen LogP contribution in [0.3, 0.4) is 0 Å². The van der Waals surface area contributed by atoms with Crippen molar-refractivity contribution in [2.45, 2.75) is 38.6 Å². The van der Waals surface area contributed by atoms with Crippen LogP contribution in [-0.4, -0.2) is 40.8 Å². The molecule has 1 aromatic carbocycles. The first-order valence-corrected chi connectivity index (χ1v) is 9.31. The Kier molecular flexibility index (Phi) is 4.45. The number of amides is 2. The smallest absolute Gasteiger partial charge is 0.260 e. The number of carbonyl (C=O) groups excluding carboxylic acids is 2. The van der Waals surface area contributed by atoms with Crippen molar-refractivity contribution in [1.82, 2.24) is 9.88 Å². The summed E-state index contributed by atoms with van der Waals surface area (Å²) in [5.41, 5.74) is 3.11. The van der Waals surface area contributed by atoms with Crippen LogP contribution in [0.25, 0.3) is 0 Å². The van der Waals surface area contributed by atoms with Gasteiger partial charge in [-0.3, -0.25) is 14.6 Å². The average molecular weight is 349 g/mol. The van der Waals surface area contributed by atoms with Gasteiger partial charge in [0.15, 0.2) is 0 Å². The van der Waals surface area contributed by atoms with Crippen molar-refractivity contribution in [3.05, 3.63) is 59.4 Å². The molecule has 1 atom stereocenters. The van der Waals surface area contributed by atoms with Gasteiger partial charge in [0.05, 0.1) is 11.1 Å². The van der Waals surface area contributed by atoms with Gasteiger partial charge in [-0.05, 0) is 50.3 Å². The molecule has 1 saturated heterocycles. The maximum absolute atomic E-state index is 13.1. The van der Waals surface area contributed by atoms with E-state index in [9.17, 15) is 9.59 Å². The molecule has 0 radical (unpaired) electrons. The number of fused-ring (bicyclic) bond motifs is 1. The maximum atomic E-state index is 13.1. The highest BCUT2D eigenvalue weighted by molar-refractivity contribution is 6.08. The van der Waals surface area contributed by atoms with Gasteiger partial charge in [0.2, 0.25) is 0 Å². The summed E-state index contributed by atoms with van der Waals surface area (Å²) in [6, 6.07) is 9.78. The molecule has 0 aliphatic carbocycles. The van der Waals surface area contributed by atoms with Gasteiger partial charge in [0.25, 0.3) is 11.8 Å². The minimum atomic E-state index is -0.0942. The largest absolute Gasteiger partial charge is 0.339 e. The van der Waals surface area contributed by atoms with E-state index in [1.54, 1.807) is 18.5 Å². The van der Waals surface area contributed by atoms with Crippen LogP contribution >= 0.6 is 0 Å². The number of carbonyl (C=O) groups is 2. The van der Waals surface area contributed by atoms with E-state index in [1.807, 2.05) is 34.9 Å². The first-order chi connectivity index (χ1) is 12.6. The van der Waals surface area contributed by atoms with E-state index in [1.165, 1.54) is 12.0 Å².